The average molecular weight is 137 g/mol. The van der Waals surface area contributed by atoms with E-state index < -0.39 is 0 Å². The van der Waals surface area contributed by atoms with E-state index in [1.165, 1.54) is 0 Å². The number of hydrogen-bond donors (Lipinski definition) is 2. The lowest BCUT2D eigenvalue weighted by Gasteiger charge is -2.15. The van der Waals surface area contributed by atoms with E-state index in [-0.39, 0.29) is 0 Å². The van der Waals surface area contributed by atoms with Crippen LogP contribution >= 0.6 is 0 Å². The van der Waals surface area contributed by atoms with Crippen LogP contribution in [-0.4, -0.2) is 5.84 Å². The molecule has 1 heterocycles. The second-order valence-corrected chi connectivity index (χ2v) is 2.30. The minimum atomic E-state index is 0.644. The topological polar surface area (TPSA) is 50.4 Å². The van der Waals surface area contributed by atoms with Crippen LogP contribution in [0.2, 0.25) is 0 Å². The predicted octanol–water partition coefficient (Wildman–Crippen LogP) is 0.712. The third kappa shape index (κ3) is 1.03. The van der Waals surface area contributed by atoms with Gasteiger partial charge in [-0.2, -0.15) is 0 Å². The van der Waals surface area contributed by atoms with Crippen molar-refractivity contribution in [3.63, 3.8) is 0 Å². The number of nitrogens with zero attached hydrogens (tertiary/aromatic N) is 1. The van der Waals surface area contributed by atoms with Gasteiger partial charge in [-0.3, -0.25) is 0 Å². The number of nitrogens with two attached hydrogens (primary N) is 1. The van der Waals surface area contributed by atoms with Crippen molar-refractivity contribution in [3.05, 3.63) is 23.7 Å². The fourth-order valence-corrected chi connectivity index (χ4v) is 0.844. The Morgan fingerprint density at radius 1 is 1.50 bits per heavy atom. The van der Waals surface area contributed by atoms with Crippen LogP contribution in [0.4, 0.5) is 0 Å². The zero-order chi connectivity index (χ0) is 7.72. The van der Waals surface area contributed by atoms with E-state index in [2.05, 4.69) is 16.9 Å². The minimum Gasteiger partial charge on any atom is -0.396 e. The molecule has 10 heavy (non-hydrogen) atoms. The number of amidine groups is 1. The van der Waals surface area contributed by atoms with Gasteiger partial charge in [0.05, 0.1) is 17.1 Å². The van der Waals surface area contributed by atoms with Crippen molar-refractivity contribution in [1.82, 2.24) is 5.32 Å². The number of aliphatic imine (C=N–C) groups is 1. The Balaban J connectivity index is 3.03. The second kappa shape index (κ2) is 2.17. The van der Waals surface area contributed by atoms with Crippen LogP contribution in [0.25, 0.3) is 0 Å². The van der Waals surface area contributed by atoms with Gasteiger partial charge in [-0.1, -0.05) is 6.58 Å². The first-order valence-electron chi connectivity index (χ1n) is 3.09. The molecule has 3 nitrogen and oxygen atoms in total. The van der Waals surface area contributed by atoms with Crippen LogP contribution in [0.5, 0.6) is 0 Å². The molecule has 1 rings (SSSR count). The maximum Gasteiger partial charge on any atom is 0.103 e. The van der Waals surface area contributed by atoms with Crippen LogP contribution in [-0.2, 0) is 0 Å². The highest BCUT2D eigenvalue weighted by Gasteiger charge is 2.07. The van der Waals surface area contributed by atoms with Crippen molar-refractivity contribution in [2.75, 3.05) is 0 Å². The fourth-order valence-electron chi connectivity index (χ4n) is 0.844. The molecule has 3 N–H and O–H groups in total. The average Bonchev–Trinajstić information content (AvgIpc) is 1.82. The molecule has 0 unspecified atom stereocenters. The molecule has 0 fully saturated rings. The number of hydrogen-bond acceptors (Lipinski definition) is 3. The van der Waals surface area contributed by atoms with Crippen LogP contribution in [0.1, 0.15) is 13.8 Å². The quantitative estimate of drug-likeness (QED) is 0.516. The van der Waals surface area contributed by atoms with Crippen molar-refractivity contribution in [1.29, 1.82) is 0 Å². The van der Waals surface area contributed by atoms with Gasteiger partial charge in [0, 0.05) is 0 Å². The number of allylic oxidation sites excluding steroid dienone is 1. The predicted molar refractivity (Wildman–Crippen MR) is 42.3 cm³/mol. The zero-order valence-electron chi connectivity index (χ0n) is 6.23. The summed E-state index contributed by atoms with van der Waals surface area (Å²) in [4.78, 5) is 4.11. The molecule has 1 aliphatic rings. The van der Waals surface area contributed by atoms with Crippen molar-refractivity contribution in [3.8, 4) is 0 Å². The summed E-state index contributed by atoms with van der Waals surface area (Å²) in [6, 6.07) is 0. The van der Waals surface area contributed by atoms with Crippen LogP contribution in [0, 0.1) is 0 Å². The SMILES string of the molecule is C=C1NC(C)=NC(C)=C1N. The van der Waals surface area contributed by atoms with Crippen molar-refractivity contribution in [2.45, 2.75) is 13.8 Å². The summed E-state index contributed by atoms with van der Waals surface area (Å²) in [6.45, 7) is 7.46. The maximum atomic E-state index is 5.59. The molecule has 0 aromatic rings. The Labute approximate surface area is 60.3 Å². The third-order valence-corrected chi connectivity index (χ3v) is 1.38. The van der Waals surface area contributed by atoms with E-state index in [1.54, 1.807) is 0 Å². The van der Waals surface area contributed by atoms with E-state index in [4.69, 9.17) is 5.73 Å². The largest absolute Gasteiger partial charge is 0.396 e. The maximum absolute atomic E-state index is 5.59. The second-order valence-electron chi connectivity index (χ2n) is 2.30. The summed E-state index contributed by atoms with van der Waals surface area (Å²) < 4.78 is 0. The van der Waals surface area contributed by atoms with Gasteiger partial charge >= 0.3 is 0 Å². The summed E-state index contributed by atoms with van der Waals surface area (Å²) >= 11 is 0. The Hall–Kier alpha value is -1.25. The van der Waals surface area contributed by atoms with E-state index in [1.807, 2.05) is 13.8 Å². The van der Waals surface area contributed by atoms with Crippen molar-refractivity contribution >= 4 is 5.84 Å². The first kappa shape index (κ1) is 6.86. The monoisotopic (exact) mass is 137 g/mol. The Morgan fingerprint density at radius 2 is 2.10 bits per heavy atom. The third-order valence-electron chi connectivity index (χ3n) is 1.38. The molecule has 0 spiro atoms. The smallest absolute Gasteiger partial charge is 0.103 e. The van der Waals surface area contributed by atoms with E-state index in [0.29, 0.717) is 5.70 Å². The highest BCUT2D eigenvalue weighted by Crippen LogP contribution is 2.10. The van der Waals surface area contributed by atoms with Crippen molar-refractivity contribution < 1.29 is 0 Å². The number of nitrogens with one attached hydrogen (secondary N) is 1. The van der Waals surface area contributed by atoms with Gasteiger partial charge in [0.2, 0.25) is 0 Å². The molecule has 0 aliphatic carbocycles. The molecule has 0 aromatic heterocycles. The molecule has 0 atom stereocenters. The molecule has 0 saturated heterocycles. The van der Waals surface area contributed by atoms with Gasteiger partial charge in [0.25, 0.3) is 0 Å². The Kier molecular flexibility index (Phi) is 1.49. The van der Waals surface area contributed by atoms with Gasteiger partial charge in [-0.25, -0.2) is 4.99 Å². The zero-order valence-corrected chi connectivity index (χ0v) is 6.23. The molecule has 3 heteroatoms. The molecular formula is C7H11N3. The summed E-state index contributed by atoms with van der Waals surface area (Å²) in [5.74, 6) is 0.844. The molecule has 1 aliphatic heterocycles. The number of rotatable bonds is 0. The Bertz CT molecular complexity index is 235. The summed E-state index contributed by atoms with van der Waals surface area (Å²) in [6.07, 6.45) is 0. The first-order chi connectivity index (χ1) is 4.61. The summed E-state index contributed by atoms with van der Waals surface area (Å²) in [5, 5.41) is 2.93. The summed E-state index contributed by atoms with van der Waals surface area (Å²) in [7, 11) is 0. The first-order valence-corrected chi connectivity index (χ1v) is 3.09. The molecule has 0 saturated carbocycles. The van der Waals surface area contributed by atoms with Crippen molar-refractivity contribution in [2.24, 2.45) is 10.7 Å². The molecule has 0 bridgehead atoms. The lowest BCUT2D eigenvalue weighted by Crippen LogP contribution is -2.27. The van der Waals surface area contributed by atoms with Gasteiger partial charge in [-0.05, 0) is 13.8 Å². The Morgan fingerprint density at radius 3 is 2.60 bits per heavy atom. The van der Waals surface area contributed by atoms with Gasteiger partial charge < -0.3 is 11.1 Å². The van der Waals surface area contributed by atoms with E-state index in [9.17, 15) is 0 Å². The van der Waals surface area contributed by atoms with Crippen LogP contribution < -0.4 is 11.1 Å². The molecule has 0 radical (unpaired) electrons. The molecular weight excluding hydrogens is 126 g/mol. The van der Waals surface area contributed by atoms with Crippen LogP contribution in [0.3, 0.4) is 0 Å². The standard InChI is InChI=1S/C7H11N3/c1-4-7(8)5(2)10-6(3)9-4/h1,8H2,2-3H3,(H,9,10). The van der Waals surface area contributed by atoms with Gasteiger partial charge in [0.1, 0.15) is 5.84 Å². The molecule has 54 valence electrons. The van der Waals surface area contributed by atoms with Crippen LogP contribution in [0.15, 0.2) is 28.7 Å². The highest BCUT2D eigenvalue weighted by atomic mass is 15.0. The normalized spacial score (nSPS) is 18.6. The highest BCUT2D eigenvalue weighted by molar-refractivity contribution is 5.84. The summed E-state index contributed by atoms with van der Waals surface area (Å²) in [5.41, 5.74) is 7.81. The van der Waals surface area contributed by atoms with E-state index in [0.717, 1.165) is 17.2 Å². The van der Waals surface area contributed by atoms with Gasteiger partial charge in [0.15, 0.2) is 0 Å². The van der Waals surface area contributed by atoms with Gasteiger partial charge in [-0.15, -0.1) is 0 Å². The molecule has 0 amide bonds. The fraction of sp³-hybridized carbons (Fsp3) is 0.286. The lowest BCUT2D eigenvalue weighted by atomic mass is 10.2. The lowest BCUT2D eigenvalue weighted by molar-refractivity contribution is 1.01. The minimum absolute atomic E-state index is 0.644. The molecule has 0 aromatic carbocycles. The van der Waals surface area contributed by atoms with E-state index >= 15 is 0 Å².